The Morgan fingerprint density at radius 3 is 1.81 bits per heavy atom. The fourth-order valence-corrected chi connectivity index (χ4v) is 4.75. The zero-order chi connectivity index (χ0) is 22.0. The van der Waals surface area contributed by atoms with E-state index in [1.54, 1.807) is 0 Å². The first-order valence-electron chi connectivity index (χ1n) is 10.5. The zero-order valence-corrected chi connectivity index (χ0v) is 21.0. The summed E-state index contributed by atoms with van der Waals surface area (Å²) < 4.78 is 2.11. The van der Waals surface area contributed by atoms with Gasteiger partial charge in [0.15, 0.2) is 5.78 Å². The molecule has 2 aliphatic rings. The lowest BCUT2D eigenvalue weighted by molar-refractivity contribution is -0.113. The number of piperidine rings is 2. The van der Waals surface area contributed by atoms with Gasteiger partial charge in [0.25, 0.3) is 0 Å². The van der Waals surface area contributed by atoms with Gasteiger partial charge in [-0.1, -0.05) is 62.2 Å². The molecular weight excluding hydrogens is 516 g/mol. The number of hydrogen-bond acceptors (Lipinski definition) is 3. The highest BCUT2D eigenvalue weighted by atomic mass is 79.9. The molecule has 31 heavy (non-hydrogen) atoms. The first-order valence-corrected chi connectivity index (χ1v) is 12.0. The number of benzene rings is 2. The van der Waals surface area contributed by atoms with E-state index in [2.05, 4.69) is 86.1 Å². The van der Waals surface area contributed by atoms with Gasteiger partial charge in [-0.15, -0.1) is 0 Å². The monoisotopic (exact) mass is 540 g/mol. The molecule has 0 radical (unpaired) electrons. The van der Waals surface area contributed by atoms with Gasteiger partial charge >= 0.3 is 0 Å². The van der Waals surface area contributed by atoms with Crippen LogP contribution in [0.3, 0.4) is 0 Å². The molecule has 3 nitrogen and oxygen atoms in total. The number of hydrogen-bond donors (Lipinski definition) is 0. The summed E-state index contributed by atoms with van der Waals surface area (Å²) in [5.41, 5.74) is 6.50. The Kier molecular flexibility index (Phi) is 7.07. The first-order chi connectivity index (χ1) is 14.9. The highest BCUT2D eigenvalue weighted by molar-refractivity contribution is 9.10. The van der Waals surface area contributed by atoms with Crippen molar-refractivity contribution in [1.29, 1.82) is 0 Å². The van der Waals surface area contributed by atoms with Crippen molar-refractivity contribution in [1.82, 2.24) is 9.80 Å². The summed E-state index contributed by atoms with van der Waals surface area (Å²) in [7, 11) is 4.24. The minimum absolute atomic E-state index is 0.197. The predicted octanol–water partition coefficient (Wildman–Crippen LogP) is 5.83. The maximum absolute atomic E-state index is 13.6. The van der Waals surface area contributed by atoms with Gasteiger partial charge < -0.3 is 4.90 Å². The molecule has 0 amide bonds. The predicted molar refractivity (Wildman–Crippen MR) is 136 cm³/mol. The minimum Gasteiger partial charge on any atom is -0.302 e. The normalized spacial score (nSPS) is 23.7. The summed E-state index contributed by atoms with van der Waals surface area (Å²) >= 11 is 6.99. The molecule has 2 saturated heterocycles. The van der Waals surface area contributed by atoms with Gasteiger partial charge in [-0.25, -0.2) is 0 Å². The topological polar surface area (TPSA) is 23.6 Å². The van der Waals surface area contributed by atoms with Crippen molar-refractivity contribution in [2.24, 2.45) is 0 Å². The van der Waals surface area contributed by atoms with Gasteiger partial charge in [-0.3, -0.25) is 9.69 Å². The lowest BCUT2D eigenvalue weighted by atomic mass is 9.85. The SMILES string of the molecule is CN1CCC(=C2/CN(C)C/C(=C\c3ccc(Br)cc3)C2=O)/C(=C/c2ccc(Br)cc2)C1. The number of carbonyl (C=O) groups excluding carboxylic acids is 1. The molecule has 0 unspecified atom stereocenters. The fourth-order valence-electron chi connectivity index (χ4n) is 4.22. The van der Waals surface area contributed by atoms with Gasteiger partial charge in [0, 0.05) is 46.3 Å². The molecule has 0 bridgehead atoms. The van der Waals surface area contributed by atoms with E-state index < -0.39 is 0 Å². The summed E-state index contributed by atoms with van der Waals surface area (Å²) in [5.74, 6) is 0.197. The largest absolute Gasteiger partial charge is 0.302 e. The number of rotatable bonds is 2. The van der Waals surface area contributed by atoms with Crippen LogP contribution >= 0.6 is 31.9 Å². The van der Waals surface area contributed by atoms with Crippen LogP contribution in [-0.4, -0.2) is 55.9 Å². The number of likely N-dealkylation sites (N-methyl/N-ethyl adjacent to an activating group) is 2. The van der Waals surface area contributed by atoms with Crippen molar-refractivity contribution in [3.8, 4) is 0 Å². The second-order valence-electron chi connectivity index (χ2n) is 8.39. The van der Waals surface area contributed by atoms with E-state index in [1.807, 2.05) is 30.3 Å². The molecule has 0 aromatic heterocycles. The van der Waals surface area contributed by atoms with E-state index in [9.17, 15) is 4.79 Å². The third-order valence-electron chi connectivity index (χ3n) is 5.79. The number of Topliss-reactive ketones (excluding diaryl/α,β-unsaturated/α-hetero) is 1. The molecule has 5 heteroatoms. The number of nitrogens with zero attached hydrogens (tertiary/aromatic N) is 2. The van der Waals surface area contributed by atoms with Gasteiger partial charge in [0.1, 0.15) is 0 Å². The van der Waals surface area contributed by atoms with Crippen molar-refractivity contribution in [2.45, 2.75) is 6.42 Å². The molecule has 0 atom stereocenters. The average Bonchev–Trinajstić information content (AvgIpc) is 2.74. The second-order valence-corrected chi connectivity index (χ2v) is 10.2. The Labute approximate surface area is 201 Å². The minimum atomic E-state index is 0.197. The van der Waals surface area contributed by atoms with E-state index in [0.717, 1.165) is 50.7 Å². The molecule has 2 aromatic rings. The molecule has 0 N–H and O–H groups in total. The average molecular weight is 542 g/mol. The Bertz CT molecular complexity index is 1070. The second kappa shape index (κ2) is 9.78. The van der Waals surface area contributed by atoms with Gasteiger partial charge in [0.05, 0.1) is 0 Å². The zero-order valence-electron chi connectivity index (χ0n) is 17.9. The van der Waals surface area contributed by atoms with Crippen LogP contribution in [0.25, 0.3) is 12.2 Å². The quantitative estimate of drug-likeness (QED) is 0.447. The lowest BCUT2D eigenvalue weighted by Crippen LogP contribution is -2.37. The Hall–Kier alpha value is -1.79. The molecule has 2 aromatic carbocycles. The molecule has 2 aliphatic heterocycles. The Morgan fingerprint density at radius 1 is 0.710 bits per heavy atom. The van der Waals surface area contributed by atoms with Gasteiger partial charge in [-0.2, -0.15) is 0 Å². The van der Waals surface area contributed by atoms with Crippen LogP contribution in [-0.2, 0) is 4.79 Å². The van der Waals surface area contributed by atoms with Crippen molar-refractivity contribution in [2.75, 3.05) is 40.3 Å². The molecule has 160 valence electrons. The van der Waals surface area contributed by atoms with E-state index in [1.165, 1.54) is 11.1 Å². The summed E-state index contributed by atoms with van der Waals surface area (Å²) in [5, 5.41) is 0. The summed E-state index contributed by atoms with van der Waals surface area (Å²) in [6.07, 6.45) is 5.18. The number of carbonyl (C=O) groups is 1. The van der Waals surface area contributed by atoms with Crippen LogP contribution in [0.2, 0.25) is 0 Å². The fraction of sp³-hybridized carbons (Fsp3) is 0.269. The summed E-state index contributed by atoms with van der Waals surface area (Å²) in [6, 6.07) is 16.5. The standard InChI is InChI=1S/C26H26Br2N2O/c1-29-12-11-24(20(15-29)13-18-3-7-22(27)8-4-18)25-17-30(2)16-21(26(25)31)14-19-5-9-23(28)10-6-19/h3-10,13-14H,11-12,15-17H2,1-2H3/b20-13+,21-14+,25-24+. The Balaban J connectivity index is 1.73. The van der Waals surface area contributed by atoms with Crippen molar-refractivity contribution < 1.29 is 4.79 Å². The van der Waals surface area contributed by atoms with E-state index in [4.69, 9.17) is 0 Å². The van der Waals surface area contributed by atoms with Crippen LogP contribution < -0.4 is 0 Å². The molecule has 2 fully saturated rings. The van der Waals surface area contributed by atoms with E-state index >= 15 is 0 Å². The molecule has 4 rings (SSSR count). The van der Waals surface area contributed by atoms with Crippen molar-refractivity contribution in [3.63, 3.8) is 0 Å². The maximum atomic E-state index is 13.6. The van der Waals surface area contributed by atoms with Crippen molar-refractivity contribution in [3.05, 3.63) is 90.9 Å². The summed E-state index contributed by atoms with van der Waals surface area (Å²) in [4.78, 5) is 18.1. The smallest absolute Gasteiger partial charge is 0.187 e. The van der Waals surface area contributed by atoms with Crippen LogP contribution in [0.15, 0.2) is 79.8 Å². The number of likely N-dealkylation sites (tertiary alicyclic amines) is 2. The van der Waals surface area contributed by atoms with Crippen LogP contribution in [0.4, 0.5) is 0 Å². The number of ketones is 1. The summed E-state index contributed by atoms with van der Waals surface area (Å²) in [6.45, 7) is 3.21. The van der Waals surface area contributed by atoms with Gasteiger partial charge in [-0.05, 0) is 73.1 Å². The van der Waals surface area contributed by atoms with Crippen LogP contribution in [0.1, 0.15) is 17.5 Å². The lowest BCUT2D eigenvalue weighted by Gasteiger charge is -2.33. The first kappa shape index (κ1) is 22.4. The van der Waals surface area contributed by atoms with Crippen molar-refractivity contribution >= 4 is 49.8 Å². The van der Waals surface area contributed by atoms with Gasteiger partial charge in [0.2, 0.25) is 0 Å². The number of halogens is 2. The third kappa shape index (κ3) is 5.53. The van der Waals surface area contributed by atoms with Crippen LogP contribution in [0.5, 0.6) is 0 Å². The molecule has 2 heterocycles. The molecule has 0 saturated carbocycles. The Morgan fingerprint density at radius 2 is 1.23 bits per heavy atom. The highest BCUT2D eigenvalue weighted by Crippen LogP contribution is 2.31. The third-order valence-corrected chi connectivity index (χ3v) is 6.85. The molecule has 0 spiro atoms. The highest BCUT2D eigenvalue weighted by Gasteiger charge is 2.29. The van der Waals surface area contributed by atoms with E-state index in [-0.39, 0.29) is 5.78 Å². The molecule has 0 aliphatic carbocycles. The maximum Gasteiger partial charge on any atom is 0.187 e. The van der Waals surface area contributed by atoms with Crippen LogP contribution in [0, 0.1) is 0 Å². The van der Waals surface area contributed by atoms with E-state index in [0.29, 0.717) is 13.1 Å². The molecular formula is C26H26Br2N2O.